The van der Waals surface area contributed by atoms with Crippen LogP contribution in [0, 0.1) is 0 Å². The van der Waals surface area contributed by atoms with Crippen LogP contribution in [0.4, 0.5) is 4.79 Å². The molecule has 0 bridgehead atoms. The van der Waals surface area contributed by atoms with Crippen molar-refractivity contribution < 1.29 is 14.4 Å². The lowest BCUT2D eigenvalue weighted by Gasteiger charge is -2.22. The van der Waals surface area contributed by atoms with Gasteiger partial charge in [0.05, 0.1) is 6.54 Å². The van der Waals surface area contributed by atoms with Crippen LogP contribution in [0.2, 0.25) is 0 Å². The van der Waals surface area contributed by atoms with Crippen molar-refractivity contribution in [3.05, 3.63) is 94.2 Å². The second kappa shape index (κ2) is 9.14. The molecule has 158 valence electrons. The van der Waals surface area contributed by atoms with Crippen LogP contribution < -0.4 is 0 Å². The minimum atomic E-state index is -0.746. The fourth-order valence-corrected chi connectivity index (χ4v) is 4.42. The lowest BCUT2D eigenvalue weighted by Crippen LogP contribution is -2.41. The zero-order valence-electron chi connectivity index (χ0n) is 17.2. The van der Waals surface area contributed by atoms with E-state index >= 15 is 0 Å². The fraction of sp³-hybridized carbons (Fsp3) is 0.208. The molecular weight excluding hydrogens is 410 g/mol. The molecule has 1 aromatic heterocycles. The number of carbonyl (C=O) groups excluding carboxylic acids is 3. The highest BCUT2D eigenvalue weighted by atomic mass is 32.1. The van der Waals surface area contributed by atoms with Crippen LogP contribution in [-0.4, -0.2) is 46.1 Å². The van der Waals surface area contributed by atoms with Gasteiger partial charge in [-0.15, -0.1) is 11.3 Å². The van der Waals surface area contributed by atoms with Gasteiger partial charge < -0.3 is 9.80 Å². The first kappa shape index (κ1) is 20.8. The van der Waals surface area contributed by atoms with Gasteiger partial charge in [0.25, 0.3) is 5.91 Å². The molecule has 1 unspecified atom stereocenters. The smallest absolute Gasteiger partial charge is 0.328 e. The first-order chi connectivity index (χ1) is 15.0. The van der Waals surface area contributed by atoms with Crippen LogP contribution in [0.3, 0.4) is 0 Å². The van der Waals surface area contributed by atoms with Gasteiger partial charge in [-0.3, -0.25) is 14.5 Å². The molecule has 31 heavy (non-hydrogen) atoms. The Kier molecular flexibility index (Phi) is 6.13. The fourth-order valence-electron chi connectivity index (χ4n) is 3.66. The van der Waals surface area contributed by atoms with Crippen LogP contribution >= 0.6 is 11.3 Å². The lowest BCUT2D eigenvalue weighted by atomic mass is 10.1. The van der Waals surface area contributed by atoms with Crippen LogP contribution in [0.15, 0.2) is 78.2 Å². The zero-order valence-corrected chi connectivity index (χ0v) is 18.0. The predicted molar refractivity (Wildman–Crippen MR) is 119 cm³/mol. The van der Waals surface area contributed by atoms with Gasteiger partial charge in [-0.1, -0.05) is 66.7 Å². The van der Waals surface area contributed by atoms with Crippen molar-refractivity contribution in [1.82, 2.24) is 14.7 Å². The molecule has 4 rings (SSSR count). The van der Waals surface area contributed by atoms with E-state index in [2.05, 4.69) is 0 Å². The quantitative estimate of drug-likeness (QED) is 0.531. The first-order valence-electron chi connectivity index (χ1n) is 10.0. The number of rotatable bonds is 7. The molecule has 1 saturated heterocycles. The van der Waals surface area contributed by atoms with Crippen molar-refractivity contribution in [1.29, 1.82) is 0 Å². The van der Waals surface area contributed by atoms with Gasteiger partial charge in [-0.2, -0.15) is 0 Å². The molecule has 7 heteroatoms. The molecule has 1 fully saturated rings. The van der Waals surface area contributed by atoms with E-state index in [4.69, 9.17) is 0 Å². The molecule has 0 aliphatic carbocycles. The van der Waals surface area contributed by atoms with Crippen LogP contribution in [0.25, 0.3) is 0 Å². The van der Waals surface area contributed by atoms with E-state index in [0.29, 0.717) is 13.1 Å². The summed E-state index contributed by atoms with van der Waals surface area (Å²) in [5.74, 6) is -0.645. The SMILES string of the molecule is CN(Cc1cccs1)C(=O)CN1C(=O)C(c2ccccc2)N(Cc2ccccc2)C1=O. The average molecular weight is 434 g/mol. The number of carbonyl (C=O) groups is 3. The van der Waals surface area contributed by atoms with E-state index in [-0.39, 0.29) is 18.4 Å². The van der Waals surface area contributed by atoms with Crippen molar-refractivity contribution >= 4 is 29.2 Å². The minimum Gasteiger partial charge on any atom is -0.339 e. The third-order valence-corrected chi connectivity index (χ3v) is 6.15. The van der Waals surface area contributed by atoms with E-state index in [1.807, 2.05) is 78.2 Å². The first-order valence-corrected chi connectivity index (χ1v) is 10.9. The summed E-state index contributed by atoms with van der Waals surface area (Å²) in [4.78, 5) is 44.5. The summed E-state index contributed by atoms with van der Waals surface area (Å²) in [5.41, 5.74) is 1.66. The van der Waals surface area contributed by atoms with Crippen molar-refractivity contribution in [2.45, 2.75) is 19.1 Å². The third kappa shape index (κ3) is 4.51. The van der Waals surface area contributed by atoms with E-state index in [1.165, 1.54) is 0 Å². The highest BCUT2D eigenvalue weighted by Gasteiger charge is 2.46. The molecule has 6 nitrogen and oxygen atoms in total. The van der Waals surface area contributed by atoms with Gasteiger partial charge >= 0.3 is 6.03 Å². The monoisotopic (exact) mass is 433 g/mol. The number of hydrogen-bond donors (Lipinski definition) is 0. The van der Waals surface area contributed by atoms with Gasteiger partial charge in [0.15, 0.2) is 0 Å². The Morgan fingerprint density at radius 2 is 1.65 bits per heavy atom. The van der Waals surface area contributed by atoms with Crippen molar-refractivity contribution in [3.63, 3.8) is 0 Å². The Balaban J connectivity index is 1.56. The molecule has 1 atom stereocenters. The molecule has 0 saturated carbocycles. The third-order valence-electron chi connectivity index (χ3n) is 5.29. The summed E-state index contributed by atoms with van der Waals surface area (Å²) in [7, 11) is 1.68. The molecule has 2 aromatic carbocycles. The standard InChI is InChI=1S/C24H23N3O3S/c1-25(16-20-13-8-14-31-20)21(28)17-27-23(29)22(19-11-6-3-7-12-19)26(24(27)30)15-18-9-4-2-5-10-18/h2-14,22H,15-17H2,1H3. The molecule has 0 N–H and O–H groups in total. The molecular formula is C24H23N3O3S. The Hall–Kier alpha value is -3.45. The average Bonchev–Trinajstić information content (AvgIpc) is 3.37. The predicted octanol–water partition coefficient (Wildman–Crippen LogP) is 3.91. The van der Waals surface area contributed by atoms with Gasteiger partial charge in [-0.05, 0) is 22.6 Å². The number of likely N-dealkylation sites (N-methyl/N-ethyl adjacent to an activating group) is 1. The summed E-state index contributed by atoms with van der Waals surface area (Å²) < 4.78 is 0. The summed E-state index contributed by atoms with van der Waals surface area (Å²) in [6, 6.07) is 21.5. The van der Waals surface area contributed by atoms with E-state index in [0.717, 1.165) is 20.9 Å². The Morgan fingerprint density at radius 3 is 2.29 bits per heavy atom. The second-order valence-electron chi connectivity index (χ2n) is 7.46. The number of imide groups is 1. The number of benzene rings is 2. The Bertz CT molecular complexity index is 1050. The zero-order chi connectivity index (χ0) is 21.8. The number of urea groups is 1. The normalized spacial score (nSPS) is 16.1. The number of hydrogen-bond acceptors (Lipinski definition) is 4. The molecule has 0 radical (unpaired) electrons. The van der Waals surface area contributed by atoms with E-state index in [1.54, 1.807) is 28.2 Å². The van der Waals surface area contributed by atoms with E-state index < -0.39 is 12.1 Å². The maximum absolute atomic E-state index is 13.3. The molecule has 0 spiro atoms. The summed E-state index contributed by atoms with van der Waals surface area (Å²) in [5, 5.41) is 1.95. The number of amides is 4. The number of thiophene rings is 1. The van der Waals surface area contributed by atoms with Crippen LogP contribution in [-0.2, 0) is 22.7 Å². The van der Waals surface area contributed by atoms with Crippen molar-refractivity contribution in [2.24, 2.45) is 0 Å². The van der Waals surface area contributed by atoms with Gasteiger partial charge in [0.1, 0.15) is 12.6 Å². The molecule has 2 heterocycles. The Labute approximate surface area is 185 Å². The maximum Gasteiger partial charge on any atom is 0.328 e. The maximum atomic E-state index is 13.3. The van der Waals surface area contributed by atoms with Crippen molar-refractivity contribution in [3.8, 4) is 0 Å². The van der Waals surface area contributed by atoms with Gasteiger partial charge in [-0.25, -0.2) is 4.79 Å². The summed E-state index contributed by atoms with van der Waals surface area (Å²) in [6.45, 7) is 0.470. The second-order valence-corrected chi connectivity index (χ2v) is 8.50. The number of nitrogens with zero attached hydrogens (tertiary/aromatic N) is 3. The highest BCUT2D eigenvalue weighted by molar-refractivity contribution is 7.09. The summed E-state index contributed by atoms with van der Waals surface area (Å²) >= 11 is 1.56. The Morgan fingerprint density at radius 1 is 0.968 bits per heavy atom. The van der Waals surface area contributed by atoms with Gasteiger partial charge in [0.2, 0.25) is 5.91 Å². The van der Waals surface area contributed by atoms with Crippen molar-refractivity contribution in [2.75, 3.05) is 13.6 Å². The van der Waals surface area contributed by atoms with Crippen LogP contribution in [0.5, 0.6) is 0 Å². The largest absolute Gasteiger partial charge is 0.339 e. The molecule has 1 aliphatic rings. The summed E-state index contributed by atoms with van der Waals surface area (Å²) in [6.07, 6.45) is 0. The molecule has 4 amide bonds. The van der Waals surface area contributed by atoms with Gasteiger partial charge in [0, 0.05) is 18.5 Å². The highest BCUT2D eigenvalue weighted by Crippen LogP contribution is 2.32. The minimum absolute atomic E-state index is 0.270. The topological polar surface area (TPSA) is 60.9 Å². The molecule has 1 aliphatic heterocycles. The molecule has 3 aromatic rings. The van der Waals surface area contributed by atoms with Crippen LogP contribution in [0.1, 0.15) is 22.0 Å². The van der Waals surface area contributed by atoms with E-state index in [9.17, 15) is 14.4 Å². The lowest BCUT2D eigenvalue weighted by molar-refractivity contribution is -0.137.